The van der Waals surface area contributed by atoms with E-state index in [1.807, 2.05) is 12.4 Å². The Labute approximate surface area is 311 Å². The molecule has 0 spiro atoms. The second kappa shape index (κ2) is 26.9. The Balaban J connectivity index is 1.89. The summed E-state index contributed by atoms with van der Waals surface area (Å²) in [6.45, 7) is 7.38. The largest absolute Gasteiger partial charge is 0.748 e. The Morgan fingerprint density at radius 2 is 0.784 bits per heavy atom. The number of imidazole rings is 2. The maximum Gasteiger partial charge on any atom is 0.256 e. The molecule has 12 heteroatoms. The molecule has 0 aliphatic carbocycles. The molecule has 2 heterocycles. The third-order valence-electron chi connectivity index (χ3n) is 10.1. The van der Waals surface area contributed by atoms with Gasteiger partial charge in [0, 0.05) is 24.3 Å². The third-order valence-corrected chi connectivity index (χ3v) is 11.6. The Hall–Kier alpha value is -1.76. The van der Waals surface area contributed by atoms with Crippen LogP contribution in [0, 0.1) is 0 Å². The van der Waals surface area contributed by atoms with Gasteiger partial charge < -0.3 is 9.11 Å². The highest BCUT2D eigenvalue weighted by Crippen LogP contribution is 2.14. The molecule has 0 N–H and O–H groups in total. The Morgan fingerprint density at radius 3 is 1.12 bits per heavy atom. The Morgan fingerprint density at radius 1 is 0.471 bits per heavy atom. The van der Waals surface area contributed by atoms with Crippen LogP contribution in [0.2, 0.25) is 0 Å². The molecule has 0 atom stereocenters. The van der Waals surface area contributed by atoms with Crippen molar-refractivity contribution >= 4 is 20.2 Å². The van der Waals surface area contributed by atoms with Gasteiger partial charge in [-0.05, 0) is 44.9 Å². The fraction of sp³-hybridized carbons (Fsp3) is 0.846. The molecule has 0 radical (unpaired) electrons. The van der Waals surface area contributed by atoms with Crippen molar-refractivity contribution in [2.75, 3.05) is 11.5 Å². The van der Waals surface area contributed by atoms with E-state index in [-0.39, 0.29) is 11.5 Å². The van der Waals surface area contributed by atoms with Crippen LogP contribution in [0.5, 0.6) is 0 Å². The van der Waals surface area contributed by atoms with E-state index in [1.165, 1.54) is 114 Å². The molecule has 0 saturated heterocycles. The van der Waals surface area contributed by atoms with Gasteiger partial charge >= 0.3 is 0 Å². The van der Waals surface area contributed by atoms with E-state index in [4.69, 9.17) is 0 Å². The van der Waals surface area contributed by atoms with E-state index >= 15 is 0 Å². The number of unbranched alkanes of at least 4 members (excludes halogenated alkanes) is 18. The predicted octanol–water partition coefficient (Wildman–Crippen LogP) is 7.75. The van der Waals surface area contributed by atoms with Crippen molar-refractivity contribution in [3.8, 4) is 0 Å². The summed E-state index contributed by atoms with van der Waals surface area (Å²) in [7, 11) is -8.43. The van der Waals surface area contributed by atoms with E-state index < -0.39 is 20.2 Å². The summed E-state index contributed by atoms with van der Waals surface area (Å²) in [5.41, 5.74) is 0. The molecule has 0 aliphatic heterocycles. The first-order valence-corrected chi connectivity index (χ1v) is 23.7. The fourth-order valence-electron chi connectivity index (χ4n) is 7.14. The van der Waals surface area contributed by atoms with Crippen molar-refractivity contribution in [3.05, 3.63) is 36.4 Å². The van der Waals surface area contributed by atoms with Crippen LogP contribution < -0.4 is 9.13 Å². The minimum Gasteiger partial charge on any atom is -0.748 e. The fourth-order valence-corrected chi connectivity index (χ4v) is 8.10. The lowest BCUT2D eigenvalue weighted by Crippen LogP contribution is -2.38. The van der Waals surface area contributed by atoms with Gasteiger partial charge in [-0.25, -0.2) is 35.1 Å². The predicted molar refractivity (Wildman–Crippen MR) is 203 cm³/mol. The summed E-state index contributed by atoms with van der Waals surface area (Å²) in [5.74, 6) is 1.77. The van der Waals surface area contributed by atoms with Gasteiger partial charge in [0.25, 0.3) is 11.6 Å². The first kappa shape index (κ1) is 45.4. The molecule has 0 unspecified atom stereocenters. The van der Waals surface area contributed by atoms with Crippen LogP contribution in [0.25, 0.3) is 0 Å². The normalized spacial score (nSPS) is 12.3. The van der Waals surface area contributed by atoms with Gasteiger partial charge in [-0.1, -0.05) is 117 Å². The molecule has 0 aliphatic rings. The summed E-state index contributed by atoms with van der Waals surface area (Å²) < 4.78 is 76.1. The van der Waals surface area contributed by atoms with Crippen LogP contribution in [0.15, 0.2) is 24.8 Å². The zero-order valence-corrected chi connectivity index (χ0v) is 33.9. The number of nitrogens with zero attached hydrogens (tertiary/aromatic N) is 4. The average Bonchev–Trinajstić information content (AvgIpc) is 3.64. The number of hydrogen-bond acceptors (Lipinski definition) is 6. The van der Waals surface area contributed by atoms with Crippen LogP contribution in [-0.4, -0.2) is 46.6 Å². The summed E-state index contributed by atoms with van der Waals surface area (Å²) in [5, 5.41) is 0. The zero-order valence-electron chi connectivity index (χ0n) is 32.3. The maximum absolute atomic E-state index is 11.2. The second-order valence-corrected chi connectivity index (χ2v) is 17.7. The third kappa shape index (κ3) is 22.1. The molecule has 0 fully saturated rings. The van der Waals surface area contributed by atoms with Gasteiger partial charge in [0.1, 0.15) is 24.8 Å². The molecule has 0 bridgehead atoms. The van der Waals surface area contributed by atoms with E-state index in [1.54, 1.807) is 0 Å². The minimum atomic E-state index is -4.22. The van der Waals surface area contributed by atoms with Crippen LogP contribution in [0.3, 0.4) is 0 Å². The highest BCUT2D eigenvalue weighted by atomic mass is 32.2. The van der Waals surface area contributed by atoms with E-state index in [0.29, 0.717) is 25.9 Å². The van der Waals surface area contributed by atoms with E-state index in [0.717, 1.165) is 58.0 Å². The first-order chi connectivity index (χ1) is 24.5. The van der Waals surface area contributed by atoms with Gasteiger partial charge in [-0.3, -0.25) is 0 Å². The van der Waals surface area contributed by atoms with Crippen molar-refractivity contribution in [2.24, 2.45) is 0 Å². The van der Waals surface area contributed by atoms with Gasteiger partial charge in [0.05, 0.1) is 46.4 Å². The molecular weight excluding hydrogens is 685 g/mol. The Kier molecular flexibility index (Phi) is 24.0. The lowest BCUT2D eigenvalue weighted by atomic mass is 10.1. The van der Waals surface area contributed by atoms with Gasteiger partial charge in [-0.2, -0.15) is 0 Å². The van der Waals surface area contributed by atoms with Crippen molar-refractivity contribution in [1.29, 1.82) is 0 Å². The SMILES string of the molecule is CCCCCCCCCCCc1n(CCCCCn2cc[n+](CCCS(=O)(=O)[O-])c2CCCCCCCCCCC)cc[n+]1CCCS(=O)(=O)[O-]. The van der Waals surface area contributed by atoms with Gasteiger partial charge in [0.2, 0.25) is 0 Å². The highest BCUT2D eigenvalue weighted by Gasteiger charge is 2.19. The average molecular weight is 757 g/mol. The van der Waals surface area contributed by atoms with E-state index in [9.17, 15) is 25.9 Å². The number of aryl methyl sites for hydroxylation is 4. The minimum absolute atomic E-state index is 0.330. The number of hydrogen-bond donors (Lipinski definition) is 0. The quantitative estimate of drug-likeness (QED) is 0.0408. The van der Waals surface area contributed by atoms with Crippen molar-refractivity contribution < 1.29 is 35.1 Å². The maximum atomic E-state index is 11.2. The standard InChI is InChI=1S/C39H72N4O6S2/c1-3-5-7-9-11-13-15-17-20-26-38-40(32-34-42(38)30-24-36-50(44,45)46)28-22-19-23-29-41-33-35-43(31-25-37-51(47,48)49)39(41)27-21-18-16-14-12-10-8-6-4-2/h32-35H,3-31,36-37H2,1-2H3. The monoisotopic (exact) mass is 756 g/mol. The summed E-state index contributed by atoms with van der Waals surface area (Å²) in [6.07, 6.45) is 36.8. The van der Waals surface area contributed by atoms with Gasteiger partial charge in [-0.15, -0.1) is 0 Å². The van der Waals surface area contributed by atoms with Gasteiger partial charge in [0.15, 0.2) is 0 Å². The van der Waals surface area contributed by atoms with Crippen molar-refractivity contribution in [2.45, 2.75) is 201 Å². The van der Waals surface area contributed by atoms with Crippen LogP contribution in [-0.2, 0) is 59.3 Å². The smallest absolute Gasteiger partial charge is 0.256 e. The molecule has 2 aromatic heterocycles. The molecular formula is C39H72N4O6S2. The van der Waals surface area contributed by atoms with Crippen LogP contribution >= 0.6 is 0 Å². The molecule has 51 heavy (non-hydrogen) atoms. The van der Waals surface area contributed by atoms with Crippen molar-refractivity contribution in [3.63, 3.8) is 0 Å². The zero-order chi connectivity index (χ0) is 37.2. The van der Waals surface area contributed by atoms with Crippen molar-refractivity contribution in [1.82, 2.24) is 9.13 Å². The highest BCUT2D eigenvalue weighted by molar-refractivity contribution is 7.85. The summed E-state index contributed by atoms with van der Waals surface area (Å²) in [4.78, 5) is 0. The first-order valence-electron chi connectivity index (χ1n) is 20.6. The van der Waals surface area contributed by atoms with Crippen LogP contribution in [0.1, 0.15) is 173 Å². The topological polar surface area (TPSA) is 132 Å². The van der Waals surface area contributed by atoms with Crippen LogP contribution in [0.4, 0.5) is 0 Å². The Bertz CT molecular complexity index is 1280. The molecule has 0 aromatic carbocycles. The number of rotatable bonds is 34. The summed E-state index contributed by atoms with van der Waals surface area (Å²) >= 11 is 0. The summed E-state index contributed by atoms with van der Waals surface area (Å²) in [6, 6.07) is 0. The number of aromatic nitrogens is 4. The molecule has 2 aromatic rings. The second-order valence-electron chi connectivity index (χ2n) is 14.7. The molecule has 296 valence electrons. The molecule has 10 nitrogen and oxygen atoms in total. The lowest BCUT2D eigenvalue weighted by Gasteiger charge is -2.09. The molecule has 0 saturated carbocycles. The van der Waals surface area contributed by atoms with E-state index in [2.05, 4.69) is 44.5 Å². The molecule has 0 amide bonds. The molecule has 2 rings (SSSR count). The lowest BCUT2D eigenvalue weighted by molar-refractivity contribution is -0.703.